The molecule has 0 spiro atoms. The molecule has 1 rings (SSSR count). The number of benzene rings is 1. The Morgan fingerprint density at radius 2 is 2.16 bits per heavy atom. The van der Waals surface area contributed by atoms with E-state index in [2.05, 4.69) is 11.8 Å². The first-order valence-corrected chi connectivity index (χ1v) is 6.41. The lowest BCUT2D eigenvalue weighted by Gasteiger charge is -2.20. The van der Waals surface area contributed by atoms with Gasteiger partial charge in [0, 0.05) is 18.7 Å². The van der Waals surface area contributed by atoms with E-state index in [9.17, 15) is 9.18 Å². The number of hydrogen-bond acceptors (Lipinski definition) is 2. The molecule has 3 nitrogen and oxygen atoms in total. The highest BCUT2D eigenvalue weighted by Crippen LogP contribution is 2.13. The zero-order chi connectivity index (χ0) is 14.3. The number of rotatable bonds is 4. The Balaban J connectivity index is 3.15. The van der Waals surface area contributed by atoms with Crippen LogP contribution < -0.4 is 5.73 Å². The Hall–Kier alpha value is -1.86. The van der Waals surface area contributed by atoms with Crippen LogP contribution in [0, 0.1) is 17.7 Å². The maximum atomic E-state index is 13.3. The molecule has 0 saturated carbocycles. The molecule has 0 aliphatic heterocycles. The van der Waals surface area contributed by atoms with E-state index >= 15 is 0 Å². The number of nitrogens with zero attached hydrogens (tertiary/aromatic N) is 1. The van der Waals surface area contributed by atoms with E-state index in [-0.39, 0.29) is 12.5 Å². The topological polar surface area (TPSA) is 46.3 Å². The van der Waals surface area contributed by atoms with Crippen LogP contribution in [0.15, 0.2) is 18.2 Å². The van der Waals surface area contributed by atoms with Crippen LogP contribution in [-0.4, -0.2) is 30.4 Å². The number of amides is 1. The average Bonchev–Trinajstić information content (AvgIpc) is 2.42. The lowest BCUT2D eigenvalue weighted by atomic mass is 10.1. The standard InChI is InChI=1S/C15H19FN2O/c1-3-10-18(4-2)15(19)14-11-13(16)8-7-12(14)6-5-9-17/h7-8,11H,3-4,9-10,17H2,1-2H3. The fourth-order valence-electron chi connectivity index (χ4n) is 1.79. The van der Waals surface area contributed by atoms with E-state index in [1.54, 1.807) is 4.90 Å². The smallest absolute Gasteiger partial charge is 0.255 e. The predicted molar refractivity (Wildman–Crippen MR) is 74.2 cm³/mol. The number of halogens is 1. The summed E-state index contributed by atoms with van der Waals surface area (Å²) in [4.78, 5) is 14.0. The average molecular weight is 262 g/mol. The molecule has 1 aromatic carbocycles. The second kappa shape index (κ2) is 7.55. The van der Waals surface area contributed by atoms with E-state index in [4.69, 9.17) is 5.73 Å². The van der Waals surface area contributed by atoms with Crippen molar-refractivity contribution in [1.82, 2.24) is 4.90 Å². The summed E-state index contributed by atoms with van der Waals surface area (Å²) in [6.07, 6.45) is 0.860. The molecule has 0 heterocycles. The second-order valence-corrected chi connectivity index (χ2v) is 4.08. The molecule has 0 radical (unpaired) electrons. The molecule has 1 aromatic rings. The molecule has 2 N–H and O–H groups in total. The molecule has 0 aliphatic carbocycles. The van der Waals surface area contributed by atoms with Crippen molar-refractivity contribution < 1.29 is 9.18 Å². The lowest BCUT2D eigenvalue weighted by molar-refractivity contribution is 0.0763. The van der Waals surface area contributed by atoms with Gasteiger partial charge in [0.2, 0.25) is 0 Å². The van der Waals surface area contributed by atoms with Crippen molar-refractivity contribution in [2.24, 2.45) is 5.73 Å². The van der Waals surface area contributed by atoms with Crippen LogP contribution in [0.2, 0.25) is 0 Å². The van der Waals surface area contributed by atoms with Gasteiger partial charge in [0.1, 0.15) is 5.82 Å². The fraction of sp³-hybridized carbons (Fsp3) is 0.400. The van der Waals surface area contributed by atoms with Gasteiger partial charge >= 0.3 is 0 Å². The minimum atomic E-state index is -0.436. The highest BCUT2D eigenvalue weighted by atomic mass is 19.1. The molecule has 1 amide bonds. The van der Waals surface area contributed by atoms with Crippen molar-refractivity contribution in [3.05, 3.63) is 35.1 Å². The van der Waals surface area contributed by atoms with Gasteiger partial charge in [-0.15, -0.1) is 0 Å². The van der Waals surface area contributed by atoms with E-state index in [1.165, 1.54) is 18.2 Å². The first-order chi connectivity index (χ1) is 9.13. The molecule has 4 heteroatoms. The molecule has 0 unspecified atom stereocenters. The largest absolute Gasteiger partial charge is 0.339 e. The normalized spacial score (nSPS) is 9.68. The first-order valence-electron chi connectivity index (χ1n) is 6.41. The Kier molecular flexibility index (Phi) is 6.04. The highest BCUT2D eigenvalue weighted by molar-refractivity contribution is 5.96. The molecule has 0 bridgehead atoms. The summed E-state index contributed by atoms with van der Waals surface area (Å²) in [6.45, 7) is 5.34. The van der Waals surface area contributed by atoms with Crippen molar-refractivity contribution >= 4 is 5.91 Å². The van der Waals surface area contributed by atoms with Gasteiger partial charge in [0.15, 0.2) is 0 Å². The third-order valence-corrected chi connectivity index (χ3v) is 2.70. The zero-order valence-electron chi connectivity index (χ0n) is 11.4. The molecular formula is C15H19FN2O. The summed E-state index contributed by atoms with van der Waals surface area (Å²) >= 11 is 0. The van der Waals surface area contributed by atoms with Gasteiger partial charge in [0.25, 0.3) is 5.91 Å². The quantitative estimate of drug-likeness (QED) is 0.844. The Bertz CT molecular complexity index is 503. The number of hydrogen-bond donors (Lipinski definition) is 1. The summed E-state index contributed by atoms with van der Waals surface area (Å²) in [5, 5.41) is 0. The van der Waals surface area contributed by atoms with Crippen LogP contribution in [0.3, 0.4) is 0 Å². The van der Waals surface area contributed by atoms with Gasteiger partial charge < -0.3 is 10.6 Å². The van der Waals surface area contributed by atoms with E-state index in [0.717, 1.165) is 6.42 Å². The minimum absolute atomic E-state index is 0.190. The predicted octanol–water partition coefficient (Wildman–Crippen LogP) is 2.01. The summed E-state index contributed by atoms with van der Waals surface area (Å²) < 4.78 is 13.3. The monoisotopic (exact) mass is 262 g/mol. The van der Waals surface area contributed by atoms with Gasteiger partial charge in [-0.2, -0.15) is 0 Å². The van der Waals surface area contributed by atoms with Gasteiger partial charge in [-0.1, -0.05) is 18.8 Å². The van der Waals surface area contributed by atoms with Crippen LogP contribution in [0.5, 0.6) is 0 Å². The first kappa shape index (κ1) is 15.2. The van der Waals surface area contributed by atoms with Crippen molar-refractivity contribution in [3.8, 4) is 11.8 Å². The molecule has 0 fully saturated rings. The van der Waals surface area contributed by atoms with Crippen LogP contribution in [0.25, 0.3) is 0 Å². The molecule has 0 saturated heterocycles. The van der Waals surface area contributed by atoms with E-state index < -0.39 is 5.82 Å². The molecular weight excluding hydrogens is 243 g/mol. The van der Waals surface area contributed by atoms with Gasteiger partial charge in [0.05, 0.1) is 12.1 Å². The van der Waals surface area contributed by atoms with Crippen molar-refractivity contribution in [3.63, 3.8) is 0 Å². The van der Waals surface area contributed by atoms with Crippen LogP contribution >= 0.6 is 0 Å². The van der Waals surface area contributed by atoms with Crippen molar-refractivity contribution in [1.29, 1.82) is 0 Å². The van der Waals surface area contributed by atoms with Gasteiger partial charge in [-0.05, 0) is 31.5 Å². The molecule has 102 valence electrons. The molecule has 0 aliphatic rings. The summed E-state index contributed by atoms with van der Waals surface area (Å²) in [6, 6.07) is 4.06. The third-order valence-electron chi connectivity index (χ3n) is 2.70. The van der Waals surface area contributed by atoms with Gasteiger partial charge in [-0.25, -0.2) is 4.39 Å². The second-order valence-electron chi connectivity index (χ2n) is 4.08. The van der Waals surface area contributed by atoms with Crippen LogP contribution in [0.4, 0.5) is 4.39 Å². The van der Waals surface area contributed by atoms with Crippen molar-refractivity contribution in [2.45, 2.75) is 20.3 Å². The Labute approximate surface area is 113 Å². The van der Waals surface area contributed by atoms with E-state index in [0.29, 0.717) is 24.2 Å². The highest BCUT2D eigenvalue weighted by Gasteiger charge is 2.17. The fourth-order valence-corrected chi connectivity index (χ4v) is 1.79. The number of nitrogens with two attached hydrogens (primary N) is 1. The molecule has 0 atom stereocenters. The summed E-state index contributed by atoms with van der Waals surface area (Å²) in [5.74, 6) is 4.88. The molecule has 0 aromatic heterocycles. The SMILES string of the molecule is CCCN(CC)C(=O)c1cc(F)ccc1C#CCN. The van der Waals surface area contributed by atoms with Crippen LogP contribution in [0.1, 0.15) is 36.2 Å². The maximum Gasteiger partial charge on any atom is 0.255 e. The Morgan fingerprint density at radius 1 is 1.42 bits per heavy atom. The zero-order valence-corrected chi connectivity index (χ0v) is 11.4. The molecule has 19 heavy (non-hydrogen) atoms. The maximum absolute atomic E-state index is 13.3. The summed E-state index contributed by atoms with van der Waals surface area (Å²) in [5.41, 5.74) is 6.14. The van der Waals surface area contributed by atoms with Crippen LogP contribution in [-0.2, 0) is 0 Å². The van der Waals surface area contributed by atoms with E-state index in [1.807, 2.05) is 13.8 Å². The lowest BCUT2D eigenvalue weighted by Crippen LogP contribution is -2.32. The number of carbonyl (C=O) groups is 1. The van der Waals surface area contributed by atoms with Gasteiger partial charge in [-0.3, -0.25) is 4.79 Å². The third kappa shape index (κ3) is 4.08. The minimum Gasteiger partial charge on any atom is -0.339 e. The Morgan fingerprint density at radius 3 is 2.74 bits per heavy atom. The van der Waals surface area contributed by atoms with Crippen molar-refractivity contribution in [2.75, 3.05) is 19.6 Å². The summed E-state index contributed by atoms with van der Waals surface area (Å²) in [7, 11) is 0. The number of carbonyl (C=O) groups excluding carboxylic acids is 1.